The Balaban J connectivity index is 2.15. The van der Waals surface area contributed by atoms with Gasteiger partial charge in [-0.1, -0.05) is 0 Å². The third kappa shape index (κ3) is 3.28. The van der Waals surface area contributed by atoms with E-state index in [2.05, 4.69) is 31.4 Å². The van der Waals surface area contributed by atoms with Gasteiger partial charge in [-0.25, -0.2) is 0 Å². The van der Waals surface area contributed by atoms with Crippen molar-refractivity contribution in [2.45, 2.75) is 19.4 Å². The van der Waals surface area contributed by atoms with E-state index in [-0.39, 0.29) is 5.54 Å². The maximum atomic E-state index is 5.66. The quantitative estimate of drug-likeness (QED) is 0.906. The zero-order valence-corrected chi connectivity index (χ0v) is 12.7. The molecule has 0 radical (unpaired) electrons. The first-order valence-electron chi connectivity index (χ1n) is 5.56. The summed E-state index contributed by atoms with van der Waals surface area (Å²) >= 11 is 5.07. The molecular weight excluding hydrogens is 312 g/mol. The fraction of sp³-hybridized carbons (Fsp3) is 0.333. The minimum absolute atomic E-state index is 0.178. The Hall–Kier alpha value is -0.980. The monoisotopic (exact) mass is 326 g/mol. The van der Waals surface area contributed by atoms with Crippen molar-refractivity contribution in [3.05, 3.63) is 28.1 Å². The molecule has 0 saturated heterocycles. The lowest BCUT2D eigenvalue weighted by molar-refractivity contribution is 0.576. The second kappa shape index (κ2) is 5.34. The maximum Gasteiger partial charge on any atom is 0.149 e. The first-order chi connectivity index (χ1) is 8.50. The molecule has 96 valence electrons. The van der Waals surface area contributed by atoms with Gasteiger partial charge in [0.15, 0.2) is 0 Å². The standard InChI is InChI=1S/C12H15BrN4S/c1-12(2,7-14)15-11-4-3-9(16-17-11)10-5-8(13)6-18-10/h3-6H,7,14H2,1-2H3,(H,15,17). The summed E-state index contributed by atoms with van der Waals surface area (Å²) in [5.74, 6) is 0.741. The summed E-state index contributed by atoms with van der Waals surface area (Å²) in [5.41, 5.74) is 6.36. The van der Waals surface area contributed by atoms with E-state index >= 15 is 0 Å². The van der Waals surface area contributed by atoms with Gasteiger partial charge >= 0.3 is 0 Å². The average Bonchev–Trinajstić information content (AvgIpc) is 2.76. The van der Waals surface area contributed by atoms with Crippen LogP contribution >= 0.6 is 27.3 Å². The van der Waals surface area contributed by atoms with Crippen molar-refractivity contribution >= 4 is 33.1 Å². The number of nitrogens with one attached hydrogen (secondary N) is 1. The van der Waals surface area contributed by atoms with E-state index in [9.17, 15) is 0 Å². The lowest BCUT2D eigenvalue weighted by Gasteiger charge is -2.24. The van der Waals surface area contributed by atoms with Crippen molar-refractivity contribution in [3.8, 4) is 10.6 Å². The SMILES string of the molecule is CC(C)(CN)Nc1ccc(-c2cc(Br)cs2)nn1. The van der Waals surface area contributed by atoms with Crippen molar-refractivity contribution in [2.24, 2.45) is 5.73 Å². The Kier molecular flexibility index (Phi) is 3.99. The normalized spacial score (nSPS) is 11.6. The van der Waals surface area contributed by atoms with Crippen LogP contribution in [-0.4, -0.2) is 22.3 Å². The molecule has 2 rings (SSSR count). The number of nitrogens with two attached hydrogens (primary N) is 1. The molecule has 2 aromatic rings. The molecule has 0 amide bonds. The van der Waals surface area contributed by atoms with Crippen LogP contribution in [-0.2, 0) is 0 Å². The van der Waals surface area contributed by atoms with Crippen molar-refractivity contribution in [3.63, 3.8) is 0 Å². The van der Waals surface area contributed by atoms with E-state index < -0.39 is 0 Å². The van der Waals surface area contributed by atoms with Crippen LogP contribution in [0, 0.1) is 0 Å². The molecule has 0 atom stereocenters. The summed E-state index contributed by atoms with van der Waals surface area (Å²) in [7, 11) is 0. The molecule has 2 aromatic heterocycles. The van der Waals surface area contributed by atoms with Gasteiger partial charge in [0.2, 0.25) is 0 Å². The zero-order chi connectivity index (χ0) is 13.2. The molecule has 4 nitrogen and oxygen atoms in total. The van der Waals surface area contributed by atoms with Crippen LogP contribution in [0.5, 0.6) is 0 Å². The van der Waals surface area contributed by atoms with Gasteiger partial charge in [-0.15, -0.1) is 21.5 Å². The highest BCUT2D eigenvalue weighted by atomic mass is 79.9. The van der Waals surface area contributed by atoms with E-state index in [0.717, 1.165) is 20.9 Å². The van der Waals surface area contributed by atoms with E-state index in [1.165, 1.54) is 0 Å². The van der Waals surface area contributed by atoms with Gasteiger partial charge in [0.1, 0.15) is 11.5 Å². The lowest BCUT2D eigenvalue weighted by Crippen LogP contribution is -2.39. The third-order valence-electron chi connectivity index (χ3n) is 2.46. The average molecular weight is 327 g/mol. The van der Waals surface area contributed by atoms with Crippen molar-refractivity contribution in [2.75, 3.05) is 11.9 Å². The molecule has 0 fully saturated rings. The highest BCUT2D eigenvalue weighted by molar-refractivity contribution is 9.10. The van der Waals surface area contributed by atoms with Crippen LogP contribution in [0.3, 0.4) is 0 Å². The van der Waals surface area contributed by atoms with Crippen LogP contribution in [0.4, 0.5) is 5.82 Å². The Bertz CT molecular complexity index is 521. The molecule has 6 heteroatoms. The lowest BCUT2D eigenvalue weighted by atomic mass is 10.1. The molecule has 0 spiro atoms. The van der Waals surface area contributed by atoms with Crippen molar-refractivity contribution in [1.29, 1.82) is 0 Å². The Labute approximate surface area is 119 Å². The molecule has 0 saturated carbocycles. The molecule has 0 unspecified atom stereocenters. The molecule has 3 N–H and O–H groups in total. The van der Waals surface area contributed by atoms with E-state index in [0.29, 0.717) is 6.54 Å². The van der Waals surface area contributed by atoms with Gasteiger partial charge in [0.05, 0.1) is 4.88 Å². The topological polar surface area (TPSA) is 63.8 Å². The summed E-state index contributed by atoms with van der Waals surface area (Å²) in [6.07, 6.45) is 0. The van der Waals surface area contributed by atoms with Crippen LogP contribution < -0.4 is 11.1 Å². The largest absolute Gasteiger partial charge is 0.362 e. The number of hydrogen-bond donors (Lipinski definition) is 2. The van der Waals surface area contributed by atoms with Crippen LogP contribution in [0.1, 0.15) is 13.8 Å². The molecule has 0 bridgehead atoms. The van der Waals surface area contributed by atoms with E-state index in [1.54, 1.807) is 11.3 Å². The van der Waals surface area contributed by atoms with Gasteiger partial charge in [-0.05, 0) is 48.0 Å². The second-order valence-electron chi connectivity index (χ2n) is 4.65. The highest BCUT2D eigenvalue weighted by Gasteiger charge is 2.15. The van der Waals surface area contributed by atoms with E-state index in [4.69, 9.17) is 5.73 Å². The predicted octanol–water partition coefficient (Wildman–Crippen LogP) is 3.12. The number of thiophene rings is 1. The summed E-state index contributed by atoms with van der Waals surface area (Å²) < 4.78 is 1.07. The number of aromatic nitrogens is 2. The number of halogens is 1. The van der Waals surface area contributed by atoms with Crippen LogP contribution in [0.15, 0.2) is 28.1 Å². The number of rotatable bonds is 4. The Morgan fingerprint density at radius 2 is 2.17 bits per heavy atom. The minimum atomic E-state index is -0.178. The maximum absolute atomic E-state index is 5.66. The minimum Gasteiger partial charge on any atom is -0.362 e. The first kappa shape index (κ1) is 13.5. The van der Waals surface area contributed by atoms with Crippen LogP contribution in [0.2, 0.25) is 0 Å². The van der Waals surface area contributed by atoms with Crippen LogP contribution in [0.25, 0.3) is 10.6 Å². The molecular formula is C12H15BrN4S. The third-order valence-corrected chi connectivity index (χ3v) is 4.17. The predicted molar refractivity (Wildman–Crippen MR) is 79.8 cm³/mol. The first-order valence-corrected chi connectivity index (χ1v) is 7.24. The van der Waals surface area contributed by atoms with Gasteiger partial charge in [0, 0.05) is 21.9 Å². The van der Waals surface area contributed by atoms with Gasteiger partial charge in [-0.2, -0.15) is 0 Å². The molecule has 2 heterocycles. The van der Waals surface area contributed by atoms with Crippen molar-refractivity contribution in [1.82, 2.24) is 10.2 Å². The molecule has 0 aliphatic rings. The fourth-order valence-corrected chi connectivity index (χ4v) is 2.77. The fourth-order valence-electron chi connectivity index (χ4n) is 1.38. The van der Waals surface area contributed by atoms with Gasteiger partial charge < -0.3 is 11.1 Å². The van der Waals surface area contributed by atoms with Gasteiger partial charge in [-0.3, -0.25) is 0 Å². The Morgan fingerprint density at radius 3 is 2.67 bits per heavy atom. The van der Waals surface area contributed by atoms with E-state index in [1.807, 2.05) is 37.4 Å². The van der Waals surface area contributed by atoms with Gasteiger partial charge in [0.25, 0.3) is 0 Å². The zero-order valence-electron chi connectivity index (χ0n) is 10.3. The highest BCUT2D eigenvalue weighted by Crippen LogP contribution is 2.28. The summed E-state index contributed by atoms with van der Waals surface area (Å²) in [6.45, 7) is 4.59. The van der Waals surface area contributed by atoms with Crippen molar-refractivity contribution < 1.29 is 0 Å². The molecule has 0 aliphatic carbocycles. The summed E-state index contributed by atoms with van der Waals surface area (Å²) in [5, 5.41) is 13.7. The summed E-state index contributed by atoms with van der Waals surface area (Å²) in [4.78, 5) is 1.10. The molecule has 0 aromatic carbocycles. The smallest absolute Gasteiger partial charge is 0.149 e. The summed E-state index contributed by atoms with van der Waals surface area (Å²) in [6, 6.07) is 5.92. The molecule has 18 heavy (non-hydrogen) atoms. The Morgan fingerprint density at radius 1 is 1.39 bits per heavy atom. The number of hydrogen-bond acceptors (Lipinski definition) is 5. The number of anilines is 1. The number of nitrogens with zero attached hydrogens (tertiary/aromatic N) is 2. The second-order valence-corrected chi connectivity index (χ2v) is 6.47. The molecule has 0 aliphatic heterocycles.